The number of morpholine rings is 1. The maximum Gasteiger partial charge on any atom is 0.319 e. The monoisotopic (exact) mass is 378 g/mol. The van der Waals surface area contributed by atoms with Gasteiger partial charge in [-0.2, -0.15) is 0 Å². The van der Waals surface area contributed by atoms with Gasteiger partial charge in [-0.3, -0.25) is 4.90 Å². The van der Waals surface area contributed by atoms with Crippen molar-refractivity contribution in [3.05, 3.63) is 18.3 Å². The lowest BCUT2D eigenvalue weighted by molar-refractivity contribution is 0.00247. The number of amides is 2. The molecule has 1 saturated heterocycles. The van der Waals surface area contributed by atoms with Gasteiger partial charge in [0.1, 0.15) is 5.69 Å². The van der Waals surface area contributed by atoms with E-state index in [9.17, 15) is 4.79 Å². The Labute approximate surface area is 162 Å². The van der Waals surface area contributed by atoms with Crippen LogP contribution >= 0.6 is 0 Å². The van der Waals surface area contributed by atoms with E-state index in [0.717, 1.165) is 39.1 Å². The molecular formula is C20H34N4O3. The van der Waals surface area contributed by atoms with Gasteiger partial charge in [-0.15, -0.1) is 0 Å². The number of rotatable bonds is 9. The van der Waals surface area contributed by atoms with Crippen molar-refractivity contribution >= 4 is 11.7 Å². The lowest BCUT2D eigenvalue weighted by Crippen LogP contribution is -2.52. The Kier molecular flexibility index (Phi) is 8.81. The highest BCUT2D eigenvalue weighted by molar-refractivity contribution is 5.90. The topological polar surface area (TPSA) is 75.7 Å². The summed E-state index contributed by atoms with van der Waals surface area (Å²) in [7, 11) is 0. The van der Waals surface area contributed by atoms with Crippen molar-refractivity contribution in [2.75, 3.05) is 38.2 Å². The number of hydrogen-bond acceptors (Lipinski definition) is 5. The van der Waals surface area contributed by atoms with E-state index in [4.69, 9.17) is 9.47 Å². The summed E-state index contributed by atoms with van der Waals surface area (Å²) in [6.07, 6.45) is 3.83. The van der Waals surface area contributed by atoms with Crippen LogP contribution < -0.4 is 15.4 Å². The number of pyridine rings is 1. The lowest BCUT2D eigenvalue weighted by Gasteiger charge is -2.38. The SMILES string of the molecule is CCC(CC)C(CNC(=O)Nc1cccnc1OC(C)C)N1CCOCC1. The zero-order chi connectivity index (χ0) is 19.6. The number of carbonyl (C=O) groups excluding carboxylic acids is 1. The molecule has 1 aliphatic rings. The van der Waals surface area contributed by atoms with Gasteiger partial charge < -0.3 is 20.1 Å². The third-order valence-electron chi connectivity index (χ3n) is 4.95. The predicted molar refractivity (Wildman–Crippen MR) is 107 cm³/mol. The summed E-state index contributed by atoms with van der Waals surface area (Å²) < 4.78 is 11.1. The van der Waals surface area contributed by atoms with E-state index in [1.54, 1.807) is 18.3 Å². The maximum atomic E-state index is 12.5. The molecule has 1 fully saturated rings. The maximum absolute atomic E-state index is 12.5. The molecule has 152 valence electrons. The Morgan fingerprint density at radius 2 is 2.00 bits per heavy atom. The van der Waals surface area contributed by atoms with Gasteiger partial charge in [0.15, 0.2) is 0 Å². The fourth-order valence-corrected chi connectivity index (χ4v) is 3.50. The second kappa shape index (κ2) is 11.1. The van der Waals surface area contributed by atoms with Gasteiger partial charge in [0, 0.05) is 31.9 Å². The van der Waals surface area contributed by atoms with Gasteiger partial charge >= 0.3 is 6.03 Å². The molecule has 0 aliphatic carbocycles. The number of carbonyl (C=O) groups is 1. The summed E-state index contributed by atoms with van der Waals surface area (Å²) in [4.78, 5) is 19.1. The van der Waals surface area contributed by atoms with Crippen LogP contribution in [0.2, 0.25) is 0 Å². The Morgan fingerprint density at radius 3 is 2.63 bits per heavy atom. The Hall–Kier alpha value is -1.86. The molecule has 27 heavy (non-hydrogen) atoms. The van der Waals surface area contributed by atoms with Crippen LogP contribution in [0.1, 0.15) is 40.5 Å². The van der Waals surface area contributed by atoms with Gasteiger partial charge in [-0.25, -0.2) is 9.78 Å². The number of anilines is 1. The molecule has 2 heterocycles. The Morgan fingerprint density at radius 1 is 1.30 bits per heavy atom. The minimum absolute atomic E-state index is 0.0101. The molecule has 0 aromatic carbocycles. The molecule has 1 aromatic heterocycles. The molecule has 2 rings (SSSR count). The molecule has 0 bridgehead atoms. The zero-order valence-corrected chi connectivity index (χ0v) is 17.0. The summed E-state index contributed by atoms with van der Waals surface area (Å²) in [5.74, 6) is 0.981. The van der Waals surface area contributed by atoms with E-state index in [1.165, 1.54) is 0 Å². The molecule has 2 amide bonds. The van der Waals surface area contributed by atoms with Crippen LogP contribution in [0, 0.1) is 5.92 Å². The Bertz CT molecular complexity index is 572. The first-order chi connectivity index (χ1) is 13.0. The molecular weight excluding hydrogens is 344 g/mol. The Balaban J connectivity index is 1.97. The fraction of sp³-hybridized carbons (Fsp3) is 0.700. The molecule has 1 aromatic rings. The van der Waals surface area contributed by atoms with Crippen LogP contribution in [0.4, 0.5) is 10.5 Å². The summed E-state index contributed by atoms with van der Waals surface area (Å²) in [5, 5.41) is 5.91. The summed E-state index contributed by atoms with van der Waals surface area (Å²) in [5.41, 5.74) is 0.578. The minimum Gasteiger partial charge on any atom is -0.473 e. The molecule has 7 nitrogen and oxygen atoms in total. The average Bonchev–Trinajstić information content (AvgIpc) is 2.67. The van der Waals surface area contributed by atoms with E-state index >= 15 is 0 Å². The second-order valence-electron chi connectivity index (χ2n) is 7.15. The smallest absolute Gasteiger partial charge is 0.319 e. The highest BCUT2D eigenvalue weighted by Gasteiger charge is 2.27. The molecule has 0 spiro atoms. The van der Waals surface area contributed by atoms with Crippen molar-refractivity contribution in [1.82, 2.24) is 15.2 Å². The van der Waals surface area contributed by atoms with Crippen molar-refractivity contribution in [2.24, 2.45) is 5.92 Å². The number of nitrogens with zero attached hydrogens (tertiary/aromatic N) is 2. The first-order valence-corrected chi connectivity index (χ1v) is 10.0. The van der Waals surface area contributed by atoms with E-state index < -0.39 is 0 Å². The van der Waals surface area contributed by atoms with Gasteiger partial charge in [0.2, 0.25) is 5.88 Å². The molecule has 0 radical (unpaired) electrons. The van der Waals surface area contributed by atoms with E-state index in [0.29, 0.717) is 30.1 Å². The fourth-order valence-electron chi connectivity index (χ4n) is 3.50. The first-order valence-electron chi connectivity index (χ1n) is 10.0. The number of aromatic nitrogens is 1. The minimum atomic E-state index is -0.235. The normalized spacial score (nSPS) is 16.4. The third kappa shape index (κ3) is 6.66. The summed E-state index contributed by atoms with van der Waals surface area (Å²) >= 11 is 0. The molecule has 2 N–H and O–H groups in total. The van der Waals surface area contributed by atoms with Gasteiger partial charge in [0.05, 0.1) is 19.3 Å². The van der Waals surface area contributed by atoms with Crippen LogP contribution in [0.25, 0.3) is 0 Å². The number of nitrogens with one attached hydrogen (secondary N) is 2. The largest absolute Gasteiger partial charge is 0.473 e. The highest BCUT2D eigenvalue weighted by Crippen LogP contribution is 2.22. The molecule has 0 saturated carbocycles. The second-order valence-corrected chi connectivity index (χ2v) is 7.15. The van der Waals surface area contributed by atoms with Crippen LogP contribution in [0.3, 0.4) is 0 Å². The summed E-state index contributed by atoms with van der Waals surface area (Å²) in [6, 6.07) is 3.66. The lowest BCUT2D eigenvalue weighted by atomic mass is 9.92. The van der Waals surface area contributed by atoms with Crippen molar-refractivity contribution in [2.45, 2.75) is 52.7 Å². The predicted octanol–water partition coefficient (Wildman–Crippen LogP) is 3.13. The van der Waals surface area contributed by atoms with Crippen molar-refractivity contribution < 1.29 is 14.3 Å². The van der Waals surface area contributed by atoms with Crippen LogP contribution in [0.5, 0.6) is 5.88 Å². The standard InChI is InChI=1S/C20H34N4O3/c1-5-16(6-2)18(24-10-12-26-13-11-24)14-22-20(25)23-17-8-7-9-21-19(17)27-15(3)4/h7-9,15-16,18H,5-6,10-14H2,1-4H3,(H2,22,23,25). The highest BCUT2D eigenvalue weighted by atomic mass is 16.5. The molecule has 1 atom stereocenters. The molecule has 7 heteroatoms. The van der Waals surface area contributed by atoms with E-state index in [2.05, 4.69) is 34.4 Å². The van der Waals surface area contributed by atoms with Crippen LogP contribution in [-0.2, 0) is 4.74 Å². The quantitative estimate of drug-likeness (QED) is 0.690. The molecule has 1 aliphatic heterocycles. The summed E-state index contributed by atoms with van der Waals surface area (Å²) in [6.45, 7) is 12.3. The van der Waals surface area contributed by atoms with Gasteiger partial charge in [-0.1, -0.05) is 26.7 Å². The van der Waals surface area contributed by atoms with Crippen molar-refractivity contribution in [3.63, 3.8) is 0 Å². The zero-order valence-electron chi connectivity index (χ0n) is 17.0. The average molecular weight is 379 g/mol. The van der Waals surface area contributed by atoms with E-state index in [-0.39, 0.29) is 12.1 Å². The third-order valence-corrected chi connectivity index (χ3v) is 4.95. The number of ether oxygens (including phenoxy) is 2. The first kappa shape index (κ1) is 21.4. The van der Waals surface area contributed by atoms with Crippen LogP contribution in [0.15, 0.2) is 18.3 Å². The van der Waals surface area contributed by atoms with Gasteiger partial charge in [0.25, 0.3) is 0 Å². The number of hydrogen-bond donors (Lipinski definition) is 2. The van der Waals surface area contributed by atoms with Crippen LogP contribution in [-0.4, -0.2) is 60.9 Å². The van der Waals surface area contributed by atoms with Gasteiger partial charge in [-0.05, 0) is 31.9 Å². The molecule has 1 unspecified atom stereocenters. The van der Waals surface area contributed by atoms with Crippen molar-refractivity contribution in [3.8, 4) is 5.88 Å². The number of urea groups is 1. The van der Waals surface area contributed by atoms with Crippen molar-refractivity contribution in [1.29, 1.82) is 0 Å². The van der Waals surface area contributed by atoms with E-state index in [1.807, 2.05) is 13.8 Å².